The summed E-state index contributed by atoms with van der Waals surface area (Å²) < 4.78 is 43.8. The molecule has 0 aliphatic heterocycles. The fourth-order valence-corrected chi connectivity index (χ4v) is 3.15. The van der Waals surface area contributed by atoms with E-state index in [9.17, 15) is 13.0 Å². The molecule has 28 heavy (non-hydrogen) atoms. The van der Waals surface area contributed by atoms with E-state index in [0.29, 0.717) is 31.3 Å². The fraction of sp³-hybridized carbons (Fsp3) is 0.316. The number of halogens is 3. The number of guanidine groups is 1. The van der Waals surface area contributed by atoms with Gasteiger partial charge in [-0.25, -0.2) is 8.78 Å². The zero-order valence-electron chi connectivity index (χ0n) is 15.5. The molecule has 154 valence electrons. The number of rotatable bonds is 9. The van der Waals surface area contributed by atoms with Crippen LogP contribution in [-0.2, 0) is 10.8 Å². The average Bonchev–Trinajstić information content (AvgIpc) is 2.67. The predicted molar refractivity (Wildman–Crippen MR) is 119 cm³/mol. The van der Waals surface area contributed by atoms with Crippen LogP contribution < -0.4 is 15.4 Å². The van der Waals surface area contributed by atoms with Gasteiger partial charge in [0.2, 0.25) is 0 Å². The first-order chi connectivity index (χ1) is 13.1. The predicted octanol–water partition coefficient (Wildman–Crippen LogP) is 3.32. The Morgan fingerprint density at radius 1 is 1.14 bits per heavy atom. The van der Waals surface area contributed by atoms with Crippen LogP contribution in [0.2, 0.25) is 0 Å². The van der Waals surface area contributed by atoms with Gasteiger partial charge in [-0.1, -0.05) is 18.2 Å². The second-order valence-corrected chi connectivity index (χ2v) is 7.04. The maximum absolute atomic E-state index is 13.5. The Labute approximate surface area is 183 Å². The molecule has 2 aromatic rings. The lowest BCUT2D eigenvalue weighted by Crippen LogP contribution is -2.39. The molecular formula is C19H24F2IN3O2S. The van der Waals surface area contributed by atoms with Gasteiger partial charge in [-0.15, -0.1) is 24.0 Å². The van der Waals surface area contributed by atoms with Crippen molar-refractivity contribution < 1.29 is 17.7 Å². The second kappa shape index (κ2) is 13.4. The van der Waals surface area contributed by atoms with E-state index in [1.807, 2.05) is 37.3 Å². The van der Waals surface area contributed by atoms with E-state index in [2.05, 4.69) is 15.6 Å². The van der Waals surface area contributed by atoms with Gasteiger partial charge in [0.15, 0.2) is 17.5 Å². The molecule has 0 bridgehead atoms. The average molecular weight is 523 g/mol. The molecule has 1 atom stereocenters. The SMILES string of the molecule is CCNC(=NCCS(=O)c1ccccc1)NCCOc1ccc(F)cc1F.I. The molecule has 0 radical (unpaired) electrons. The second-order valence-electron chi connectivity index (χ2n) is 5.47. The van der Waals surface area contributed by atoms with Gasteiger partial charge in [-0.05, 0) is 31.2 Å². The molecule has 0 aromatic heterocycles. The molecule has 2 rings (SSSR count). The molecule has 0 saturated heterocycles. The highest BCUT2D eigenvalue weighted by molar-refractivity contribution is 14.0. The van der Waals surface area contributed by atoms with E-state index in [-0.39, 0.29) is 36.3 Å². The van der Waals surface area contributed by atoms with Crippen molar-refractivity contribution in [2.45, 2.75) is 11.8 Å². The lowest BCUT2D eigenvalue weighted by Gasteiger charge is -2.12. The van der Waals surface area contributed by atoms with Gasteiger partial charge in [0.05, 0.1) is 23.9 Å². The number of hydrogen-bond donors (Lipinski definition) is 2. The lowest BCUT2D eigenvalue weighted by molar-refractivity contribution is 0.304. The molecule has 0 fully saturated rings. The highest BCUT2D eigenvalue weighted by Crippen LogP contribution is 2.17. The van der Waals surface area contributed by atoms with Gasteiger partial charge in [0.1, 0.15) is 12.4 Å². The van der Waals surface area contributed by atoms with Gasteiger partial charge in [0.25, 0.3) is 0 Å². The minimum absolute atomic E-state index is 0. The monoisotopic (exact) mass is 523 g/mol. The number of aliphatic imine (C=N–C) groups is 1. The summed E-state index contributed by atoms with van der Waals surface area (Å²) in [5.41, 5.74) is 0. The van der Waals surface area contributed by atoms with E-state index in [4.69, 9.17) is 4.74 Å². The van der Waals surface area contributed by atoms with E-state index in [0.717, 1.165) is 17.0 Å². The zero-order valence-corrected chi connectivity index (χ0v) is 18.6. The van der Waals surface area contributed by atoms with Crippen LogP contribution in [0, 0.1) is 11.6 Å². The maximum atomic E-state index is 13.5. The van der Waals surface area contributed by atoms with Gasteiger partial charge in [-0.3, -0.25) is 9.20 Å². The summed E-state index contributed by atoms with van der Waals surface area (Å²) in [6.07, 6.45) is 0. The van der Waals surface area contributed by atoms with Crippen molar-refractivity contribution in [2.24, 2.45) is 4.99 Å². The van der Waals surface area contributed by atoms with Gasteiger partial charge >= 0.3 is 0 Å². The minimum atomic E-state index is -1.10. The summed E-state index contributed by atoms with van der Waals surface area (Å²) >= 11 is 0. The number of ether oxygens (including phenoxy) is 1. The van der Waals surface area contributed by atoms with Crippen LogP contribution in [0.5, 0.6) is 5.75 Å². The minimum Gasteiger partial charge on any atom is -0.489 e. The van der Waals surface area contributed by atoms with Crippen molar-refractivity contribution >= 4 is 40.7 Å². The Kier molecular flexibility index (Phi) is 11.7. The normalized spacial score (nSPS) is 12.0. The van der Waals surface area contributed by atoms with Crippen molar-refractivity contribution in [3.63, 3.8) is 0 Å². The van der Waals surface area contributed by atoms with Crippen LogP contribution >= 0.6 is 24.0 Å². The van der Waals surface area contributed by atoms with Crippen LogP contribution in [0.15, 0.2) is 58.4 Å². The van der Waals surface area contributed by atoms with Crippen molar-refractivity contribution in [3.05, 3.63) is 60.2 Å². The molecule has 0 aliphatic rings. The highest BCUT2D eigenvalue weighted by atomic mass is 127. The van der Waals surface area contributed by atoms with Crippen molar-refractivity contribution in [2.75, 3.05) is 32.0 Å². The first-order valence-corrected chi connectivity index (χ1v) is 9.95. The van der Waals surface area contributed by atoms with Gasteiger partial charge in [-0.2, -0.15) is 0 Å². The van der Waals surface area contributed by atoms with Crippen molar-refractivity contribution in [3.8, 4) is 5.75 Å². The number of nitrogens with zero attached hydrogens (tertiary/aromatic N) is 1. The topological polar surface area (TPSA) is 62.7 Å². The quantitative estimate of drug-likeness (QED) is 0.229. The fourth-order valence-electron chi connectivity index (χ4n) is 2.19. The van der Waals surface area contributed by atoms with Crippen molar-refractivity contribution in [1.82, 2.24) is 10.6 Å². The maximum Gasteiger partial charge on any atom is 0.191 e. The van der Waals surface area contributed by atoms with E-state index >= 15 is 0 Å². The smallest absolute Gasteiger partial charge is 0.191 e. The molecule has 2 aromatic carbocycles. The van der Waals surface area contributed by atoms with Crippen LogP contribution in [-0.4, -0.2) is 42.2 Å². The molecule has 0 amide bonds. The molecule has 1 unspecified atom stereocenters. The standard InChI is InChI=1S/C19H23F2N3O2S.HI/c1-2-22-19(24-11-13-27(25)16-6-4-3-5-7-16)23-10-12-26-18-9-8-15(20)14-17(18)21;/h3-9,14H,2,10-13H2,1H3,(H2,22,23,24);1H. The van der Waals surface area contributed by atoms with Gasteiger partial charge < -0.3 is 15.4 Å². The Bertz CT molecular complexity index is 779. The summed E-state index contributed by atoms with van der Waals surface area (Å²) in [6.45, 7) is 3.56. The summed E-state index contributed by atoms with van der Waals surface area (Å²) in [5.74, 6) is -0.409. The first-order valence-electron chi connectivity index (χ1n) is 8.63. The van der Waals surface area contributed by atoms with Crippen LogP contribution in [0.1, 0.15) is 6.92 Å². The third-order valence-corrected chi connectivity index (χ3v) is 4.79. The molecule has 0 heterocycles. The first kappa shape index (κ1) is 24.3. The van der Waals surface area contributed by atoms with Crippen LogP contribution in [0.3, 0.4) is 0 Å². The summed E-state index contributed by atoms with van der Waals surface area (Å²) in [4.78, 5) is 5.15. The molecular weight excluding hydrogens is 499 g/mol. The van der Waals surface area contributed by atoms with E-state index in [1.165, 1.54) is 6.07 Å². The Hall–Kier alpha value is -1.75. The van der Waals surface area contributed by atoms with Crippen LogP contribution in [0.4, 0.5) is 8.78 Å². The van der Waals surface area contributed by atoms with Gasteiger partial charge in [0, 0.05) is 23.3 Å². The van der Waals surface area contributed by atoms with Crippen molar-refractivity contribution in [1.29, 1.82) is 0 Å². The molecule has 0 aliphatic carbocycles. The number of hydrogen-bond acceptors (Lipinski definition) is 3. The summed E-state index contributed by atoms with van der Waals surface area (Å²) in [5, 5.41) is 6.13. The summed E-state index contributed by atoms with van der Waals surface area (Å²) in [6, 6.07) is 12.4. The molecule has 5 nitrogen and oxygen atoms in total. The molecule has 2 N–H and O–H groups in total. The number of benzene rings is 2. The molecule has 9 heteroatoms. The molecule has 0 saturated carbocycles. The summed E-state index contributed by atoms with van der Waals surface area (Å²) in [7, 11) is -1.10. The number of nitrogens with one attached hydrogen (secondary N) is 2. The Morgan fingerprint density at radius 3 is 2.57 bits per heavy atom. The lowest BCUT2D eigenvalue weighted by atomic mass is 10.3. The highest BCUT2D eigenvalue weighted by Gasteiger charge is 2.05. The Morgan fingerprint density at radius 2 is 1.89 bits per heavy atom. The Balaban J connectivity index is 0.00000392. The zero-order chi connectivity index (χ0) is 19.5. The largest absolute Gasteiger partial charge is 0.489 e. The van der Waals surface area contributed by atoms with E-state index < -0.39 is 22.4 Å². The third-order valence-electron chi connectivity index (χ3n) is 3.44. The van der Waals surface area contributed by atoms with Crippen LogP contribution in [0.25, 0.3) is 0 Å². The third kappa shape index (κ3) is 8.51. The van der Waals surface area contributed by atoms with E-state index in [1.54, 1.807) is 0 Å². The molecule has 0 spiro atoms.